The highest BCUT2D eigenvalue weighted by molar-refractivity contribution is 6.02. The standard InChI is InChI=1S/C20H19FN6O3/c1-10-8-30-9-11-5-15(16(29-2)6-14(11)21)25-17-12-3-4-22-18(12)27-19(26-17)13(7-23-27)20(28)24-10/h3-7,10,22H,8-9H2,1-2H3,(H,24,28)(H,25,26)/t10-/m1/s1. The van der Waals surface area contributed by atoms with E-state index in [9.17, 15) is 9.18 Å². The van der Waals surface area contributed by atoms with Crippen LogP contribution in [-0.2, 0) is 11.3 Å². The van der Waals surface area contributed by atoms with Gasteiger partial charge in [0.25, 0.3) is 5.91 Å². The number of nitrogens with zero attached hydrogens (tertiary/aromatic N) is 3. The van der Waals surface area contributed by atoms with Gasteiger partial charge in [0.05, 0.1) is 37.6 Å². The van der Waals surface area contributed by atoms with E-state index in [1.54, 1.807) is 16.8 Å². The summed E-state index contributed by atoms with van der Waals surface area (Å²) in [7, 11) is 1.47. The predicted octanol–water partition coefficient (Wildman–Crippen LogP) is 2.75. The molecule has 4 aromatic rings. The average molecular weight is 410 g/mol. The number of rotatable bonds is 1. The number of aromatic nitrogens is 4. The number of hydrogen-bond acceptors (Lipinski definition) is 6. The molecule has 3 N–H and O–H groups in total. The van der Waals surface area contributed by atoms with Crippen LogP contribution < -0.4 is 15.4 Å². The monoisotopic (exact) mass is 410 g/mol. The molecule has 30 heavy (non-hydrogen) atoms. The molecule has 1 amide bonds. The third-order valence-electron chi connectivity index (χ3n) is 5.02. The van der Waals surface area contributed by atoms with Crippen molar-refractivity contribution in [3.05, 3.63) is 47.5 Å². The molecule has 5 rings (SSSR count). The highest BCUT2D eigenvalue weighted by Crippen LogP contribution is 2.33. The first-order valence-corrected chi connectivity index (χ1v) is 9.42. The second-order valence-corrected chi connectivity index (χ2v) is 7.15. The van der Waals surface area contributed by atoms with Crippen LogP contribution in [0.2, 0.25) is 0 Å². The van der Waals surface area contributed by atoms with E-state index in [0.29, 0.717) is 39.7 Å². The van der Waals surface area contributed by atoms with Gasteiger partial charge in [0.15, 0.2) is 5.65 Å². The first kappa shape index (κ1) is 18.4. The van der Waals surface area contributed by atoms with E-state index in [1.807, 2.05) is 13.0 Å². The van der Waals surface area contributed by atoms with Gasteiger partial charge in [0.1, 0.15) is 28.6 Å². The molecule has 4 bridgehead atoms. The Labute approximate surface area is 170 Å². The van der Waals surface area contributed by atoms with Crippen molar-refractivity contribution in [1.29, 1.82) is 0 Å². The average Bonchev–Trinajstić information content (AvgIpc) is 3.36. The van der Waals surface area contributed by atoms with Crippen molar-refractivity contribution in [2.45, 2.75) is 19.6 Å². The van der Waals surface area contributed by atoms with Crippen LogP contribution >= 0.6 is 0 Å². The summed E-state index contributed by atoms with van der Waals surface area (Å²) in [5, 5.41) is 11.2. The van der Waals surface area contributed by atoms with Crippen molar-refractivity contribution >= 4 is 34.1 Å². The Kier molecular flexibility index (Phi) is 4.28. The molecule has 0 saturated heterocycles. The van der Waals surface area contributed by atoms with Crippen molar-refractivity contribution in [1.82, 2.24) is 24.9 Å². The third kappa shape index (κ3) is 2.92. The molecule has 1 atom stereocenters. The lowest BCUT2D eigenvalue weighted by Crippen LogP contribution is -2.36. The largest absolute Gasteiger partial charge is 0.494 e. The SMILES string of the molecule is COc1cc(F)c2cc1Nc1nc3c(cnn3c3[nH]ccc13)C(=O)N[C@H](C)COC2. The van der Waals surface area contributed by atoms with Crippen LogP contribution in [0.3, 0.4) is 0 Å². The summed E-state index contributed by atoms with van der Waals surface area (Å²) >= 11 is 0. The van der Waals surface area contributed by atoms with Gasteiger partial charge in [-0.3, -0.25) is 4.79 Å². The molecule has 9 nitrogen and oxygen atoms in total. The summed E-state index contributed by atoms with van der Waals surface area (Å²) in [5.41, 5.74) is 2.30. The summed E-state index contributed by atoms with van der Waals surface area (Å²) in [6.07, 6.45) is 3.24. The highest BCUT2D eigenvalue weighted by atomic mass is 19.1. The number of carbonyl (C=O) groups is 1. The van der Waals surface area contributed by atoms with Crippen LogP contribution in [0.4, 0.5) is 15.9 Å². The number of ether oxygens (including phenoxy) is 2. The van der Waals surface area contributed by atoms with Crippen molar-refractivity contribution in [2.75, 3.05) is 19.0 Å². The van der Waals surface area contributed by atoms with E-state index in [0.717, 1.165) is 5.39 Å². The van der Waals surface area contributed by atoms with Crippen LogP contribution in [0, 0.1) is 5.82 Å². The van der Waals surface area contributed by atoms with Gasteiger partial charge in [0, 0.05) is 23.9 Å². The Morgan fingerprint density at radius 3 is 3.07 bits per heavy atom. The zero-order chi connectivity index (χ0) is 20.8. The number of benzene rings is 1. The van der Waals surface area contributed by atoms with Crippen LogP contribution in [0.25, 0.3) is 16.7 Å². The Morgan fingerprint density at radius 2 is 2.23 bits per heavy atom. The van der Waals surface area contributed by atoms with Gasteiger partial charge in [-0.05, 0) is 19.1 Å². The van der Waals surface area contributed by atoms with E-state index in [2.05, 4.69) is 25.7 Å². The van der Waals surface area contributed by atoms with Gasteiger partial charge in [-0.15, -0.1) is 0 Å². The number of amides is 1. The molecule has 0 aliphatic carbocycles. The van der Waals surface area contributed by atoms with E-state index in [-0.39, 0.29) is 25.2 Å². The number of H-pyrrole nitrogens is 1. The molecule has 154 valence electrons. The Hall–Kier alpha value is -3.66. The van der Waals surface area contributed by atoms with Gasteiger partial charge in [-0.25, -0.2) is 9.37 Å². The van der Waals surface area contributed by atoms with E-state index < -0.39 is 5.82 Å². The second-order valence-electron chi connectivity index (χ2n) is 7.15. The lowest BCUT2D eigenvalue weighted by Gasteiger charge is -2.17. The summed E-state index contributed by atoms with van der Waals surface area (Å²) in [4.78, 5) is 20.6. The first-order chi connectivity index (χ1) is 14.5. The summed E-state index contributed by atoms with van der Waals surface area (Å²) in [6, 6.07) is 4.51. The van der Waals surface area contributed by atoms with E-state index in [4.69, 9.17) is 9.47 Å². The number of aromatic amines is 1. The minimum Gasteiger partial charge on any atom is -0.494 e. The number of fused-ring (bicyclic) bond motifs is 6. The van der Waals surface area contributed by atoms with Crippen molar-refractivity contribution in [3.8, 4) is 5.75 Å². The minimum atomic E-state index is -0.436. The molecule has 0 spiro atoms. The van der Waals surface area contributed by atoms with Crippen LogP contribution in [0.15, 0.2) is 30.6 Å². The number of carbonyl (C=O) groups excluding carboxylic acids is 1. The molecule has 0 fully saturated rings. The first-order valence-electron chi connectivity index (χ1n) is 9.42. The Bertz CT molecular complexity index is 1280. The van der Waals surface area contributed by atoms with E-state index in [1.165, 1.54) is 19.4 Å². The third-order valence-corrected chi connectivity index (χ3v) is 5.02. The number of nitrogens with one attached hydrogen (secondary N) is 3. The maximum atomic E-state index is 14.5. The zero-order valence-corrected chi connectivity index (χ0v) is 16.3. The fourth-order valence-electron chi connectivity index (χ4n) is 3.56. The molecule has 3 aromatic heterocycles. The molecule has 4 heterocycles. The molecular weight excluding hydrogens is 391 g/mol. The molecule has 1 aliphatic rings. The number of halogens is 1. The van der Waals surface area contributed by atoms with Crippen molar-refractivity contribution in [3.63, 3.8) is 0 Å². The fourth-order valence-corrected chi connectivity index (χ4v) is 3.56. The smallest absolute Gasteiger partial charge is 0.257 e. The van der Waals surface area contributed by atoms with Crippen molar-refractivity contribution < 1.29 is 18.7 Å². The second kappa shape index (κ2) is 6.99. The van der Waals surface area contributed by atoms with Crippen LogP contribution in [-0.4, -0.2) is 45.2 Å². The molecule has 0 saturated carbocycles. The summed E-state index contributed by atoms with van der Waals surface area (Å²) in [5.74, 6) is 0.0583. The van der Waals surface area contributed by atoms with Gasteiger partial charge in [0.2, 0.25) is 0 Å². The number of methoxy groups -OCH3 is 1. The number of anilines is 2. The molecule has 10 heteroatoms. The van der Waals surface area contributed by atoms with E-state index >= 15 is 0 Å². The van der Waals surface area contributed by atoms with Gasteiger partial charge in [-0.2, -0.15) is 9.61 Å². The molecule has 1 aliphatic heterocycles. The molecule has 1 aromatic carbocycles. The number of hydrogen-bond donors (Lipinski definition) is 3. The summed E-state index contributed by atoms with van der Waals surface area (Å²) in [6.45, 7) is 2.09. The maximum Gasteiger partial charge on any atom is 0.257 e. The lowest BCUT2D eigenvalue weighted by molar-refractivity contribution is 0.0814. The van der Waals surface area contributed by atoms with Gasteiger partial charge < -0.3 is 25.1 Å². The summed E-state index contributed by atoms with van der Waals surface area (Å²) < 4.78 is 27.1. The molecular formula is C20H19FN6O3. The van der Waals surface area contributed by atoms with Crippen LogP contribution in [0.5, 0.6) is 5.75 Å². The minimum absolute atomic E-state index is 0.0514. The molecule has 0 radical (unpaired) electrons. The lowest BCUT2D eigenvalue weighted by atomic mass is 10.1. The fraction of sp³-hybridized carbons (Fsp3) is 0.250. The van der Waals surface area contributed by atoms with Gasteiger partial charge >= 0.3 is 0 Å². The Balaban J connectivity index is 1.75. The normalized spacial score (nSPS) is 17.0. The van der Waals surface area contributed by atoms with Crippen molar-refractivity contribution in [2.24, 2.45) is 0 Å². The molecule has 0 unspecified atom stereocenters. The highest BCUT2D eigenvalue weighted by Gasteiger charge is 2.21. The topological polar surface area (TPSA) is 106 Å². The van der Waals surface area contributed by atoms with Crippen LogP contribution in [0.1, 0.15) is 22.8 Å². The quantitative estimate of drug-likeness (QED) is 0.446. The van der Waals surface area contributed by atoms with Gasteiger partial charge in [-0.1, -0.05) is 0 Å². The zero-order valence-electron chi connectivity index (χ0n) is 16.3. The predicted molar refractivity (Wildman–Crippen MR) is 108 cm³/mol. The maximum absolute atomic E-state index is 14.5. The Morgan fingerprint density at radius 1 is 1.37 bits per heavy atom.